The molecule has 27 heavy (non-hydrogen) atoms. The molecule has 1 N–H and O–H groups in total. The zero-order chi connectivity index (χ0) is 19.3. The van der Waals surface area contributed by atoms with Crippen LogP contribution in [0.3, 0.4) is 0 Å². The molecular weight excluding hydrogens is 374 g/mol. The lowest BCUT2D eigenvalue weighted by molar-refractivity contribution is 0.290. The molecule has 0 radical (unpaired) electrons. The molecule has 10 heteroatoms. The molecule has 0 amide bonds. The Morgan fingerprint density at radius 2 is 1.85 bits per heavy atom. The van der Waals surface area contributed by atoms with Gasteiger partial charge in [0, 0.05) is 12.5 Å². The first-order valence-electron chi connectivity index (χ1n) is 8.58. The van der Waals surface area contributed by atoms with E-state index in [1.165, 1.54) is 18.3 Å². The highest BCUT2D eigenvalue weighted by molar-refractivity contribution is 7.92. The van der Waals surface area contributed by atoms with Gasteiger partial charge in [-0.05, 0) is 26.0 Å². The highest BCUT2D eigenvalue weighted by Gasteiger charge is 2.21. The van der Waals surface area contributed by atoms with E-state index in [0.717, 1.165) is 6.42 Å². The summed E-state index contributed by atoms with van der Waals surface area (Å²) in [6, 6.07) is 4.57. The fraction of sp³-hybridized carbons (Fsp3) is 0.412. The minimum atomic E-state index is -3.91. The molecule has 1 aromatic carbocycles. The van der Waals surface area contributed by atoms with Crippen molar-refractivity contribution in [1.29, 1.82) is 0 Å². The SMILES string of the molecule is CCOc1ncc(NS(=O)(=O)c2ccc3c(c2)OCCCO3)c(OCC)n1. The lowest BCUT2D eigenvalue weighted by Gasteiger charge is -2.14. The van der Waals surface area contributed by atoms with Gasteiger partial charge in [-0.2, -0.15) is 4.98 Å². The molecule has 3 rings (SSSR count). The van der Waals surface area contributed by atoms with Crippen molar-refractivity contribution in [1.82, 2.24) is 9.97 Å². The number of sulfonamides is 1. The van der Waals surface area contributed by atoms with Crippen molar-refractivity contribution >= 4 is 15.7 Å². The third kappa shape index (κ3) is 4.51. The van der Waals surface area contributed by atoms with E-state index >= 15 is 0 Å². The van der Waals surface area contributed by atoms with Crippen LogP contribution in [-0.4, -0.2) is 44.8 Å². The largest absolute Gasteiger partial charge is 0.490 e. The first kappa shape index (κ1) is 19.0. The van der Waals surface area contributed by atoms with Crippen molar-refractivity contribution in [3.05, 3.63) is 24.4 Å². The van der Waals surface area contributed by atoms with Gasteiger partial charge >= 0.3 is 6.01 Å². The standard InChI is InChI=1S/C17H21N3O6S/c1-3-23-16-13(11-18-17(19-16)24-4-2)20-27(21,22)12-6-7-14-15(10-12)26-9-5-8-25-14/h6-7,10-11,20H,3-5,8-9H2,1-2H3. The molecule has 2 heterocycles. The number of nitrogens with one attached hydrogen (secondary N) is 1. The van der Waals surface area contributed by atoms with E-state index in [9.17, 15) is 8.42 Å². The molecule has 1 aliphatic heterocycles. The second-order valence-corrected chi connectivity index (χ2v) is 7.18. The van der Waals surface area contributed by atoms with Crippen LogP contribution in [0, 0.1) is 0 Å². The Hall–Kier alpha value is -2.75. The van der Waals surface area contributed by atoms with E-state index in [2.05, 4.69) is 14.7 Å². The number of benzene rings is 1. The number of fused-ring (bicyclic) bond motifs is 1. The molecule has 0 atom stereocenters. The number of ether oxygens (including phenoxy) is 4. The Morgan fingerprint density at radius 3 is 2.59 bits per heavy atom. The molecule has 0 aliphatic carbocycles. The number of hydrogen-bond acceptors (Lipinski definition) is 8. The number of rotatable bonds is 7. The molecule has 1 aromatic heterocycles. The minimum Gasteiger partial charge on any atom is -0.490 e. The summed E-state index contributed by atoms with van der Waals surface area (Å²) in [7, 11) is -3.91. The minimum absolute atomic E-state index is 0.0306. The summed E-state index contributed by atoms with van der Waals surface area (Å²) in [5.41, 5.74) is 0.118. The van der Waals surface area contributed by atoms with Gasteiger partial charge in [-0.15, -0.1) is 0 Å². The lowest BCUT2D eigenvalue weighted by atomic mass is 10.3. The third-order valence-corrected chi connectivity index (χ3v) is 4.92. The van der Waals surface area contributed by atoms with Gasteiger partial charge in [0.05, 0.1) is 37.5 Å². The van der Waals surface area contributed by atoms with Crippen molar-refractivity contribution in [2.75, 3.05) is 31.1 Å². The van der Waals surface area contributed by atoms with E-state index in [-0.39, 0.29) is 22.5 Å². The summed E-state index contributed by atoms with van der Waals surface area (Å²) in [6.45, 7) is 5.24. The molecular formula is C17H21N3O6S. The highest BCUT2D eigenvalue weighted by atomic mass is 32.2. The van der Waals surface area contributed by atoms with Crippen molar-refractivity contribution in [3.63, 3.8) is 0 Å². The fourth-order valence-electron chi connectivity index (χ4n) is 2.38. The Labute approximate surface area is 157 Å². The van der Waals surface area contributed by atoms with E-state index in [4.69, 9.17) is 18.9 Å². The molecule has 0 spiro atoms. The Kier molecular flexibility index (Phi) is 5.84. The van der Waals surface area contributed by atoms with Gasteiger partial charge in [-0.3, -0.25) is 4.72 Å². The summed E-state index contributed by atoms with van der Waals surface area (Å²) >= 11 is 0. The second-order valence-electron chi connectivity index (χ2n) is 5.50. The number of anilines is 1. The molecule has 1 aliphatic rings. The van der Waals surface area contributed by atoms with Gasteiger partial charge in [0.1, 0.15) is 5.69 Å². The average Bonchev–Trinajstić information content (AvgIpc) is 2.89. The molecule has 0 bridgehead atoms. The van der Waals surface area contributed by atoms with Crippen LogP contribution in [0.25, 0.3) is 0 Å². The van der Waals surface area contributed by atoms with Crippen LogP contribution >= 0.6 is 0 Å². The van der Waals surface area contributed by atoms with Crippen molar-refractivity contribution in [2.45, 2.75) is 25.2 Å². The summed E-state index contributed by atoms with van der Waals surface area (Å²) in [5.74, 6) is 1.00. The summed E-state index contributed by atoms with van der Waals surface area (Å²) in [6.07, 6.45) is 2.04. The fourth-order valence-corrected chi connectivity index (χ4v) is 3.44. The molecule has 2 aromatic rings. The third-order valence-electron chi connectivity index (χ3n) is 3.56. The summed E-state index contributed by atoms with van der Waals surface area (Å²) < 4.78 is 49.8. The van der Waals surface area contributed by atoms with Crippen molar-refractivity contribution in [3.8, 4) is 23.4 Å². The van der Waals surface area contributed by atoms with Gasteiger partial charge in [0.2, 0.25) is 5.88 Å². The first-order chi connectivity index (χ1) is 13.0. The smallest absolute Gasteiger partial charge is 0.319 e. The zero-order valence-electron chi connectivity index (χ0n) is 15.1. The maximum absolute atomic E-state index is 12.8. The molecule has 0 unspecified atom stereocenters. The normalized spacial score (nSPS) is 13.6. The Bertz CT molecular complexity index is 904. The maximum Gasteiger partial charge on any atom is 0.319 e. The molecule has 0 saturated heterocycles. The van der Waals surface area contributed by atoms with Gasteiger partial charge in [0.15, 0.2) is 11.5 Å². The van der Waals surface area contributed by atoms with Crippen molar-refractivity contribution < 1.29 is 27.4 Å². The van der Waals surface area contributed by atoms with Gasteiger partial charge in [0.25, 0.3) is 10.0 Å². The predicted molar refractivity (Wildman–Crippen MR) is 97.2 cm³/mol. The number of nitrogens with zero attached hydrogens (tertiary/aromatic N) is 2. The van der Waals surface area contributed by atoms with Crippen LogP contribution in [0.2, 0.25) is 0 Å². The van der Waals surface area contributed by atoms with E-state index in [1.807, 2.05) is 0 Å². The van der Waals surface area contributed by atoms with Crippen molar-refractivity contribution in [2.24, 2.45) is 0 Å². The molecule has 9 nitrogen and oxygen atoms in total. The number of hydrogen-bond donors (Lipinski definition) is 1. The first-order valence-corrected chi connectivity index (χ1v) is 10.1. The number of aromatic nitrogens is 2. The van der Waals surface area contributed by atoms with Crippen LogP contribution < -0.4 is 23.7 Å². The molecule has 146 valence electrons. The van der Waals surface area contributed by atoms with E-state index in [1.54, 1.807) is 19.9 Å². The monoisotopic (exact) mass is 395 g/mol. The zero-order valence-corrected chi connectivity index (χ0v) is 15.9. The van der Waals surface area contributed by atoms with Gasteiger partial charge in [-0.25, -0.2) is 13.4 Å². The van der Waals surface area contributed by atoms with Crippen LogP contribution in [0.15, 0.2) is 29.3 Å². The second kappa shape index (κ2) is 8.30. The predicted octanol–water partition coefficient (Wildman–Crippen LogP) is 2.24. The van der Waals surface area contributed by atoms with Crippen LogP contribution in [0.5, 0.6) is 23.4 Å². The maximum atomic E-state index is 12.8. The van der Waals surface area contributed by atoms with Crippen LogP contribution in [0.4, 0.5) is 5.69 Å². The lowest BCUT2D eigenvalue weighted by Crippen LogP contribution is -2.15. The van der Waals surface area contributed by atoms with Crippen LogP contribution in [0.1, 0.15) is 20.3 Å². The quantitative estimate of drug-likeness (QED) is 0.760. The summed E-state index contributed by atoms with van der Waals surface area (Å²) in [4.78, 5) is 8.10. The van der Waals surface area contributed by atoms with E-state index < -0.39 is 10.0 Å². The van der Waals surface area contributed by atoms with Crippen LogP contribution in [-0.2, 0) is 10.0 Å². The summed E-state index contributed by atoms with van der Waals surface area (Å²) in [5, 5.41) is 0. The topological polar surface area (TPSA) is 109 Å². The van der Waals surface area contributed by atoms with Gasteiger partial charge in [-0.1, -0.05) is 0 Å². The Morgan fingerprint density at radius 1 is 1.11 bits per heavy atom. The Balaban J connectivity index is 1.89. The average molecular weight is 395 g/mol. The van der Waals surface area contributed by atoms with E-state index in [0.29, 0.717) is 37.9 Å². The molecule has 0 saturated carbocycles. The molecule has 0 fully saturated rings. The van der Waals surface area contributed by atoms with Gasteiger partial charge < -0.3 is 18.9 Å². The highest BCUT2D eigenvalue weighted by Crippen LogP contribution is 2.33.